The van der Waals surface area contributed by atoms with Gasteiger partial charge in [-0.2, -0.15) is 5.01 Å². The first-order valence-electron chi connectivity index (χ1n) is 9.10. The third-order valence-electron chi connectivity index (χ3n) is 4.24. The molecule has 0 atom stereocenters. The van der Waals surface area contributed by atoms with Crippen LogP contribution in [0.5, 0.6) is 5.75 Å². The van der Waals surface area contributed by atoms with Gasteiger partial charge < -0.3 is 4.74 Å². The van der Waals surface area contributed by atoms with E-state index in [4.69, 9.17) is 17.0 Å². The van der Waals surface area contributed by atoms with Crippen molar-refractivity contribution < 1.29 is 14.3 Å². The standard InChI is InChI=1S/C22H15BrN2O3S3/c23-16-11-15(8-9-17(16)28-13-14-5-2-1-3-6-14)12-19-21(27)25(22(29)31-19)24-20(26)18-7-4-10-30-18/h1-12H,13H2,(H,24,26)/b19-12+. The molecule has 2 heterocycles. The minimum Gasteiger partial charge on any atom is -0.488 e. The molecule has 1 aliphatic rings. The van der Waals surface area contributed by atoms with Crippen LogP contribution in [0.3, 0.4) is 0 Å². The first-order valence-corrected chi connectivity index (χ1v) is 12.0. The molecule has 1 saturated heterocycles. The summed E-state index contributed by atoms with van der Waals surface area (Å²) < 4.78 is 6.92. The maximum Gasteiger partial charge on any atom is 0.285 e. The Morgan fingerprint density at radius 1 is 1.16 bits per heavy atom. The topological polar surface area (TPSA) is 58.6 Å². The fourth-order valence-electron chi connectivity index (χ4n) is 2.74. The number of thiophene rings is 1. The van der Waals surface area contributed by atoms with Crippen molar-refractivity contribution in [2.45, 2.75) is 6.61 Å². The molecule has 1 N–H and O–H groups in total. The number of rotatable bonds is 6. The summed E-state index contributed by atoms with van der Waals surface area (Å²) in [4.78, 5) is 25.9. The van der Waals surface area contributed by atoms with Crippen molar-refractivity contribution in [3.05, 3.63) is 91.4 Å². The minimum atomic E-state index is -0.366. The molecule has 1 aliphatic heterocycles. The highest BCUT2D eigenvalue weighted by Gasteiger charge is 2.34. The van der Waals surface area contributed by atoms with Crippen LogP contribution in [0, 0.1) is 0 Å². The molecule has 2 aromatic carbocycles. The number of carbonyl (C=O) groups excluding carboxylic acids is 2. The molecule has 1 aromatic heterocycles. The number of carbonyl (C=O) groups is 2. The lowest BCUT2D eigenvalue weighted by molar-refractivity contribution is -0.123. The highest BCUT2D eigenvalue weighted by Crippen LogP contribution is 2.33. The summed E-state index contributed by atoms with van der Waals surface area (Å²) >= 11 is 11.2. The Morgan fingerprint density at radius 3 is 2.68 bits per heavy atom. The second-order valence-corrected chi connectivity index (χ2v) is 9.88. The van der Waals surface area contributed by atoms with E-state index in [9.17, 15) is 9.59 Å². The molecular weight excluding hydrogens is 516 g/mol. The van der Waals surface area contributed by atoms with Crippen molar-refractivity contribution in [2.24, 2.45) is 0 Å². The minimum absolute atomic E-state index is 0.281. The zero-order valence-corrected chi connectivity index (χ0v) is 19.9. The summed E-state index contributed by atoms with van der Waals surface area (Å²) in [6, 6.07) is 18.9. The highest BCUT2D eigenvalue weighted by atomic mass is 79.9. The predicted molar refractivity (Wildman–Crippen MR) is 132 cm³/mol. The van der Waals surface area contributed by atoms with Crippen molar-refractivity contribution in [1.82, 2.24) is 10.4 Å². The Hall–Kier alpha value is -2.46. The van der Waals surface area contributed by atoms with Crippen LogP contribution in [0.2, 0.25) is 0 Å². The summed E-state index contributed by atoms with van der Waals surface area (Å²) in [7, 11) is 0. The zero-order chi connectivity index (χ0) is 21.8. The van der Waals surface area contributed by atoms with Crippen molar-refractivity contribution >= 4 is 73.5 Å². The quantitative estimate of drug-likeness (QED) is 0.330. The van der Waals surface area contributed by atoms with Gasteiger partial charge in [0.15, 0.2) is 4.32 Å². The molecule has 0 aliphatic carbocycles. The third-order valence-corrected chi connectivity index (χ3v) is 7.03. The van der Waals surface area contributed by atoms with E-state index in [1.165, 1.54) is 11.3 Å². The molecular formula is C22H15BrN2O3S3. The van der Waals surface area contributed by atoms with E-state index in [0.717, 1.165) is 32.4 Å². The molecule has 0 unspecified atom stereocenters. The van der Waals surface area contributed by atoms with E-state index in [2.05, 4.69) is 21.4 Å². The van der Waals surface area contributed by atoms with Crippen LogP contribution >= 0.6 is 51.2 Å². The molecule has 5 nitrogen and oxygen atoms in total. The number of hydrogen-bond acceptors (Lipinski definition) is 6. The lowest BCUT2D eigenvalue weighted by Crippen LogP contribution is -2.44. The van der Waals surface area contributed by atoms with Gasteiger partial charge in [0.2, 0.25) is 0 Å². The molecule has 4 rings (SSSR count). The van der Waals surface area contributed by atoms with Crippen molar-refractivity contribution in [3.8, 4) is 5.75 Å². The van der Waals surface area contributed by atoms with Gasteiger partial charge >= 0.3 is 0 Å². The SMILES string of the molecule is O=C(NN1C(=O)/C(=C\c2ccc(OCc3ccccc3)c(Br)c2)SC1=S)c1cccs1. The molecule has 3 aromatic rings. The Balaban J connectivity index is 1.44. The van der Waals surface area contributed by atoms with Crippen LogP contribution in [0.1, 0.15) is 20.8 Å². The van der Waals surface area contributed by atoms with Gasteiger partial charge in [0.25, 0.3) is 11.8 Å². The summed E-state index contributed by atoms with van der Waals surface area (Å²) in [5.74, 6) is -0.0209. The molecule has 1 fully saturated rings. The van der Waals surface area contributed by atoms with Gasteiger partial charge in [0.1, 0.15) is 12.4 Å². The van der Waals surface area contributed by atoms with Gasteiger partial charge in [-0.1, -0.05) is 54.2 Å². The molecule has 31 heavy (non-hydrogen) atoms. The Bertz CT molecular complexity index is 1160. The van der Waals surface area contributed by atoms with Gasteiger partial charge in [0, 0.05) is 0 Å². The van der Waals surface area contributed by atoms with E-state index < -0.39 is 0 Å². The number of nitrogens with zero attached hydrogens (tertiary/aromatic N) is 1. The van der Waals surface area contributed by atoms with Crippen molar-refractivity contribution in [3.63, 3.8) is 0 Å². The number of hydrazine groups is 1. The smallest absolute Gasteiger partial charge is 0.285 e. The number of benzene rings is 2. The average molecular weight is 531 g/mol. The normalized spacial score (nSPS) is 14.9. The maximum absolute atomic E-state index is 12.7. The van der Waals surface area contributed by atoms with Gasteiger partial charge in [-0.15, -0.1) is 11.3 Å². The Morgan fingerprint density at radius 2 is 1.97 bits per heavy atom. The summed E-state index contributed by atoms with van der Waals surface area (Å²) in [5.41, 5.74) is 4.46. The number of amides is 2. The monoisotopic (exact) mass is 530 g/mol. The van der Waals surface area contributed by atoms with Crippen LogP contribution in [-0.4, -0.2) is 21.1 Å². The number of thioether (sulfide) groups is 1. The number of nitrogens with one attached hydrogen (secondary N) is 1. The second-order valence-electron chi connectivity index (χ2n) is 6.40. The molecule has 0 spiro atoms. The molecule has 2 amide bonds. The van der Waals surface area contributed by atoms with E-state index in [1.807, 2.05) is 48.5 Å². The number of ether oxygens (including phenoxy) is 1. The predicted octanol–water partition coefficient (Wildman–Crippen LogP) is 5.64. The van der Waals surface area contributed by atoms with E-state index in [1.54, 1.807) is 23.6 Å². The number of hydrogen-bond donors (Lipinski definition) is 1. The molecule has 156 valence electrons. The first-order chi connectivity index (χ1) is 15.0. The maximum atomic E-state index is 12.7. The van der Waals surface area contributed by atoms with Gasteiger partial charge in [-0.25, -0.2) is 0 Å². The molecule has 9 heteroatoms. The van der Waals surface area contributed by atoms with Crippen LogP contribution < -0.4 is 10.2 Å². The van der Waals surface area contributed by atoms with Crippen molar-refractivity contribution in [1.29, 1.82) is 0 Å². The van der Waals surface area contributed by atoms with Crippen molar-refractivity contribution in [2.75, 3.05) is 0 Å². The largest absolute Gasteiger partial charge is 0.488 e. The second kappa shape index (κ2) is 9.78. The highest BCUT2D eigenvalue weighted by molar-refractivity contribution is 9.10. The Kier molecular flexibility index (Phi) is 6.86. The zero-order valence-electron chi connectivity index (χ0n) is 15.9. The Labute approximate surface area is 201 Å². The van der Waals surface area contributed by atoms with Gasteiger partial charge in [0.05, 0.1) is 14.3 Å². The van der Waals surface area contributed by atoms with Gasteiger partial charge in [-0.05, 0) is 68.9 Å². The number of thiocarbonyl (C=S) groups is 1. The van der Waals surface area contributed by atoms with Crippen LogP contribution in [-0.2, 0) is 11.4 Å². The first kappa shape index (κ1) is 21.8. The fraction of sp³-hybridized carbons (Fsp3) is 0.0455. The summed E-state index contributed by atoms with van der Waals surface area (Å²) in [6.07, 6.45) is 1.74. The average Bonchev–Trinajstić information content (AvgIpc) is 3.39. The lowest BCUT2D eigenvalue weighted by atomic mass is 10.2. The molecule has 0 bridgehead atoms. The van der Waals surface area contributed by atoms with E-state index in [0.29, 0.717) is 22.1 Å². The summed E-state index contributed by atoms with van der Waals surface area (Å²) in [6.45, 7) is 0.460. The third kappa shape index (κ3) is 5.24. The van der Waals surface area contributed by atoms with Gasteiger partial charge in [-0.3, -0.25) is 15.0 Å². The van der Waals surface area contributed by atoms with E-state index in [-0.39, 0.29) is 16.1 Å². The van der Waals surface area contributed by atoms with E-state index >= 15 is 0 Å². The molecule has 0 saturated carbocycles. The summed E-state index contributed by atoms with van der Waals surface area (Å²) in [5, 5.41) is 2.91. The van der Waals surface area contributed by atoms with Crippen LogP contribution in [0.4, 0.5) is 0 Å². The molecule has 0 radical (unpaired) electrons. The fourth-order valence-corrected chi connectivity index (χ4v) is 5.04. The van der Waals surface area contributed by atoms with Crippen LogP contribution in [0.25, 0.3) is 6.08 Å². The van der Waals surface area contributed by atoms with Crippen LogP contribution in [0.15, 0.2) is 75.4 Å². The lowest BCUT2D eigenvalue weighted by Gasteiger charge is -2.14. The number of halogens is 1.